The third-order valence-electron chi connectivity index (χ3n) is 3.69. The highest BCUT2D eigenvalue weighted by Crippen LogP contribution is 2.37. The average molecular weight is 367 g/mol. The summed E-state index contributed by atoms with van der Waals surface area (Å²) in [5.41, 5.74) is -0.239. The molecule has 0 aromatic heterocycles. The molecule has 0 saturated carbocycles. The van der Waals surface area contributed by atoms with Gasteiger partial charge >= 0.3 is 5.97 Å². The maximum Gasteiger partial charge on any atom is 0.342 e. The standard InChI is InChI=1S/C18H19ClO6/c1-10-4-2-5-11(20)6-3-7-12(21)8-13-16(18(24)25-10)14(22)9-15(23)17(13)19/h2-3,5,7,9-11,20,22-23H,4,6,8H2,1H3/b5-2+,7-3-/t10-,11?/m0/s1. The number of aliphatic hydroxyl groups is 1. The molecular formula is C18H19ClO6. The van der Waals surface area contributed by atoms with E-state index in [4.69, 9.17) is 16.3 Å². The zero-order chi connectivity index (χ0) is 18.6. The van der Waals surface area contributed by atoms with Gasteiger partial charge in [0.25, 0.3) is 0 Å². The number of aromatic hydroxyl groups is 2. The second kappa shape index (κ2) is 8.18. The van der Waals surface area contributed by atoms with E-state index in [9.17, 15) is 24.9 Å². The number of carbonyl (C=O) groups excluding carboxylic acids is 2. The van der Waals surface area contributed by atoms with Crippen LogP contribution >= 0.6 is 11.6 Å². The molecule has 6 nitrogen and oxygen atoms in total. The van der Waals surface area contributed by atoms with Crippen LogP contribution in [0, 0.1) is 0 Å². The largest absolute Gasteiger partial charge is 0.507 e. The molecule has 7 heteroatoms. The highest BCUT2D eigenvalue weighted by molar-refractivity contribution is 6.33. The van der Waals surface area contributed by atoms with Gasteiger partial charge in [-0.3, -0.25) is 4.79 Å². The van der Waals surface area contributed by atoms with Gasteiger partial charge in [0.15, 0.2) is 5.78 Å². The van der Waals surface area contributed by atoms with Crippen molar-refractivity contribution in [1.29, 1.82) is 0 Å². The molecule has 0 bridgehead atoms. The van der Waals surface area contributed by atoms with Gasteiger partial charge < -0.3 is 20.1 Å². The molecule has 1 heterocycles. The highest BCUT2D eigenvalue weighted by atomic mass is 35.5. The van der Waals surface area contributed by atoms with Crippen molar-refractivity contribution >= 4 is 23.4 Å². The van der Waals surface area contributed by atoms with Crippen LogP contribution in [0.4, 0.5) is 0 Å². The number of allylic oxidation sites excluding steroid dienone is 1. The molecule has 2 atom stereocenters. The molecule has 0 fully saturated rings. The number of aliphatic hydroxyl groups excluding tert-OH is 1. The summed E-state index contributed by atoms with van der Waals surface area (Å²) in [4.78, 5) is 24.5. The van der Waals surface area contributed by atoms with Gasteiger partial charge in [0.05, 0.1) is 11.1 Å². The lowest BCUT2D eigenvalue weighted by Gasteiger charge is -2.16. The van der Waals surface area contributed by atoms with Gasteiger partial charge in [-0.1, -0.05) is 29.8 Å². The molecule has 1 aromatic carbocycles. The number of phenolic OH excluding ortho intramolecular Hbond substituents is 2. The number of hydrogen-bond donors (Lipinski definition) is 3. The number of phenols is 2. The Morgan fingerprint density at radius 1 is 1.16 bits per heavy atom. The molecule has 3 N–H and O–H groups in total. The fraction of sp³-hybridized carbons (Fsp3) is 0.333. The molecule has 0 amide bonds. The fourth-order valence-corrected chi connectivity index (χ4v) is 2.66. The van der Waals surface area contributed by atoms with Crippen molar-refractivity contribution in [2.45, 2.75) is 38.4 Å². The van der Waals surface area contributed by atoms with Crippen LogP contribution in [0.25, 0.3) is 0 Å². The maximum absolute atomic E-state index is 12.4. The van der Waals surface area contributed by atoms with E-state index >= 15 is 0 Å². The van der Waals surface area contributed by atoms with E-state index in [0.717, 1.165) is 6.07 Å². The molecule has 1 aromatic rings. The minimum absolute atomic E-state index is 0.000772. The third-order valence-corrected chi connectivity index (χ3v) is 4.11. The summed E-state index contributed by atoms with van der Waals surface area (Å²) in [6.07, 6.45) is 5.06. The van der Waals surface area contributed by atoms with Crippen LogP contribution < -0.4 is 0 Å². The van der Waals surface area contributed by atoms with Gasteiger partial charge in [0.2, 0.25) is 0 Å². The second-order valence-electron chi connectivity index (χ2n) is 5.81. The molecule has 134 valence electrons. The summed E-state index contributed by atoms with van der Waals surface area (Å²) in [5, 5.41) is 29.4. The first-order valence-corrected chi connectivity index (χ1v) is 8.15. The lowest BCUT2D eigenvalue weighted by Crippen LogP contribution is -2.18. The zero-order valence-electron chi connectivity index (χ0n) is 13.6. The number of benzene rings is 1. The van der Waals surface area contributed by atoms with Crippen molar-refractivity contribution in [3.63, 3.8) is 0 Å². The summed E-state index contributed by atoms with van der Waals surface area (Å²) >= 11 is 6.03. The SMILES string of the molecule is C[C@H]1C/C=C/C(O)C/C=C\C(=O)Cc2c(Cl)c(O)cc(O)c2C(=O)O1. The molecule has 0 spiro atoms. The zero-order valence-corrected chi connectivity index (χ0v) is 14.4. The van der Waals surface area contributed by atoms with Crippen LogP contribution in [0.3, 0.4) is 0 Å². The van der Waals surface area contributed by atoms with Crippen LogP contribution in [0.15, 0.2) is 30.4 Å². The Balaban J connectivity index is 2.49. The lowest BCUT2D eigenvalue weighted by molar-refractivity contribution is -0.114. The third kappa shape index (κ3) is 4.84. The van der Waals surface area contributed by atoms with Crippen LogP contribution in [0.5, 0.6) is 11.5 Å². The smallest absolute Gasteiger partial charge is 0.342 e. The Morgan fingerprint density at radius 2 is 1.88 bits per heavy atom. The van der Waals surface area contributed by atoms with Crippen LogP contribution in [0.2, 0.25) is 5.02 Å². The van der Waals surface area contributed by atoms with Crippen molar-refractivity contribution in [3.05, 3.63) is 46.5 Å². The van der Waals surface area contributed by atoms with E-state index in [-0.39, 0.29) is 29.0 Å². The second-order valence-corrected chi connectivity index (χ2v) is 6.19. The van der Waals surface area contributed by atoms with Crippen LogP contribution in [-0.2, 0) is 16.0 Å². The molecule has 0 aliphatic carbocycles. The van der Waals surface area contributed by atoms with Crippen LogP contribution in [0.1, 0.15) is 35.7 Å². The van der Waals surface area contributed by atoms with E-state index in [2.05, 4.69) is 0 Å². The number of hydrogen-bond acceptors (Lipinski definition) is 6. The summed E-state index contributed by atoms with van der Waals surface area (Å²) in [6, 6.07) is 0.937. The number of fused-ring (bicyclic) bond motifs is 1. The Bertz CT molecular complexity index is 738. The lowest BCUT2D eigenvalue weighted by atomic mass is 9.99. The molecule has 1 aliphatic heterocycles. The number of ether oxygens (including phenoxy) is 1. The minimum atomic E-state index is -0.843. The first kappa shape index (κ1) is 19.0. The van der Waals surface area contributed by atoms with E-state index in [1.807, 2.05) is 0 Å². The first-order valence-electron chi connectivity index (χ1n) is 7.78. The molecule has 0 saturated heterocycles. The van der Waals surface area contributed by atoms with Crippen molar-refractivity contribution in [1.82, 2.24) is 0 Å². The highest BCUT2D eigenvalue weighted by Gasteiger charge is 2.25. The number of cyclic esters (lactones) is 1. The van der Waals surface area contributed by atoms with E-state index < -0.39 is 35.5 Å². The number of carbonyl (C=O) groups is 2. The van der Waals surface area contributed by atoms with Crippen molar-refractivity contribution in [2.24, 2.45) is 0 Å². The average Bonchev–Trinajstić information content (AvgIpc) is 2.51. The number of esters is 1. The van der Waals surface area contributed by atoms with Gasteiger partial charge in [-0.25, -0.2) is 4.79 Å². The first-order chi connectivity index (χ1) is 11.8. The molecule has 25 heavy (non-hydrogen) atoms. The predicted octanol–water partition coefficient (Wildman–Crippen LogP) is 2.68. The number of rotatable bonds is 0. The molecule has 1 unspecified atom stereocenters. The Hall–Kier alpha value is -2.31. The molecule has 2 rings (SSSR count). The van der Waals surface area contributed by atoms with Gasteiger partial charge in [0, 0.05) is 24.5 Å². The predicted molar refractivity (Wildman–Crippen MR) is 91.9 cm³/mol. The van der Waals surface area contributed by atoms with Crippen LogP contribution in [-0.4, -0.2) is 39.3 Å². The van der Waals surface area contributed by atoms with Gasteiger partial charge in [0.1, 0.15) is 23.2 Å². The quantitative estimate of drug-likeness (QED) is 0.481. The minimum Gasteiger partial charge on any atom is -0.507 e. The fourth-order valence-electron chi connectivity index (χ4n) is 2.45. The number of halogens is 1. The Labute approximate surface area is 150 Å². The summed E-state index contributed by atoms with van der Waals surface area (Å²) in [7, 11) is 0. The topological polar surface area (TPSA) is 104 Å². The summed E-state index contributed by atoms with van der Waals surface area (Å²) in [5.74, 6) is -2.19. The van der Waals surface area contributed by atoms with Crippen molar-refractivity contribution in [2.75, 3.05) is 0 Å². The summed E-state index contributed by atoms with van der Waals surface area (Å²) in [6.45, 7) is 1.66. The monoisotopic (exact) mass is 366 g/mol. The van der Waals surface area contributed by atoms with Gasteiger partial charge in [-0.15, -0.1) is 0 Å². The van der Waals surface area contributed by atoms with Crippen molar-refractivity contribution in [3.8, 4) is 11.5 Å². The normalized spacial score (nSPS) is 24.8. The maximum atomic E-state index is 12.4. The molecular weight excluding hydrogens is 348 g/mol. The van der Waals surface area contributed by atoms with Gasteiger partial charge in [-0.2, -0.15) is 0 Å². The molecule has 1 aliphatic rings. The van der Waals surface area contributed by atoms with Gasteiger partial charge in [-0.05, 0) is 19.4 Å². The van der Waals surface area contributed by atoms with E-state index in [1.165, 1.54) is 12.2 Å². The molecule has 0 radical (unpaired) electrons. The Morgan fingerprint density at radius 3 is 2.60 bits per heavy atom. The Kier molecular flexibility index (Phi) is 6.22. The van der Waals surface area contributed by atoms with Crippen molar-refractivity contribution < 1.29 is 29.6 Å². The van der Waals surface area contributed by atoms with E-state index in [0.29, 0.717) is 6.42 Å². The van der Waals surface area contributed by atoms with E-state index in [1.54, 1.807) is 19.1 Å². The number of ketones is 1. The summed E-state index contributed by atoms with van der Waals surface area (Å²) < 4.78 is 5.27.